The molecule has 1 fully saturated rings. The third-order valence-electron chi connectivity index (χ3n) is 3.84. The van der Waals surface area contributed by atoms with E-state index in [9.17, 15) is 0 Å². The number of hydrogen-bond donors (Lipinski definition) is 0. The van der Waals surface area contributed by atoms with Crippen LogP contribution in [0.25, 0.3) is 0 Å². The smallest absolute Gasteiger partial charge is 0.137 e. The summed E-state index contributed by atoms with van der Waals surface area (Å²) in [6.45, 7) is 3.37. The fourth-order valence-electron chi connectivity index (χ4n) is 2.81. The first-order chi connectivity index (χ1) is 9.42. The summed E-state index contributed by atoms with van der Waals surface area (Å²) in [5, 5.41) is 6.40. The van der Waals surface area contributed by atoms with Crippen LogP contribution in [0.3, 0.4) is 0 Å². The number of nitrogens with zero attached hydrogens (tertiary/aromatic N) is 4. The fourth-order valence-corrected chi connectivity index (χ4v) is 3.51. The van der Waals surface area contributed by atoms with Gasteiger partial charge in [0.2, 0.25) is 0 Å². The molecule has 0 saturated carbocycles. The van der Waals surface area contributed by atoms with Crippen LogP contribution in [-0.2, 0) is 13.0 Å². The Hall–Kier alpha value is -1.20. The van der Waals surface area contributed by atoms with Crippen molar-refractivity contribution < 1.29 is 0 Å². The van der Waals surface area contributed by atoms with Crippen LogP contribution < -0.4 is 0 Å². The van der Waals surface area contributed by atoms with Gasteiger partial charge in [0.1, 0.15) is 12.7 Å². The van der Waals surface area contributed by atoms with Crippen molar-refractivity contribution in [2.45, 2.75) is 38.3 Å². The lowest BCUT2D eigenvalue weighted by atomic mass is 10.0. The molecule has 2 aromatic rings. The van der Waals surface area contributed by atoms with E-state index in [0.717, 1.165) is 6.54 Å². The van der Waals surface area contributed by atoms with Crippen molar-refractivity contribution in [1.29, 1.82) is 0 Å². The van der Waals surface area contributed by atoms with Crippen LogP contribution in [0, 0.1) is 0 Å². The molecule has 3 rings (SSSR count). The van der Waals surface area contributed by atoms with Gasteiger partial charge in [0, 0.05) is 17.5 Å². The molecule has 2 aromatic heterocycles. The van der Waals surface area contributed by atoms with Crippen LogP contribution in [0.2, 0.25) is 0 Å². The summed E-state index contributed by atoms with van der Waals surface area (Å²) in [5.41, 5.74) is 0. The Morgan fingerprint density at radius 2 is 2.37 bits per heavy atom. The topological polar surface area (TPSA) is 34.0 Å². The second-order valence-electron chi connectivity index (χ2n) is 5.13. The zero-order valence-corrected chi connectivity index (χ0v) is 11.9. The van der Waals surface area contributed by atoms with Crippen molar-refractivity contribution in [2.75, 3.05) is 13.1 Å². The van der Waals surface area contributed by atoms with E-state index in [-0.39, 0.29) is 0 Å². The first-order valence-corrected chi connectivity index (χ1v) is 7.88. The third-order valence-corrected chi connectivity index (χ3v) is 4.78. The predicted molar refractivity (Wildman–Crippen MR) is 77.3 cm³/mol. The van der Waals surface area contributed by atoms with Gasteiger partial charge in [-0.2, -0.15) is 5.10 Å². The number of likely N-dealkylation sites (tertiary alicyclic amines) is 1. The molecule has 0 radical (unpaired) electrons. The maximum Gasteiger partial charge on any atom is 0.137 e. The summed E-state index contributed by atoms with van der Waals surface area (Å²) in [4.78, 5) is 8.16. The largest absolute Gasteiger partial charge is 0.298 e. The fraction of sp³-hybridized carbons (Fsp3) is 0.571. The zero-order valence-electron chi connectivity index (χ0n) is 11.1. The van der Waals surface area contributed by atoms with Crippen molar-refractivity contribution in [1.82, 2.24) is 19.7 Å². The van der Waals surface area contributed by atoms with Crippen LogP contribution in [0.5, 0.6) is 0 Å². The molecule has 19 heavy (non-hydrogen) atoms. The summed E-state index contributed by atoms with van der Waals surface area (Å²) in [7, 11) is 0. The molecule has 0 amide bonds. The summed E-state index contributed by atoms with van der Waals surface area (Å²) < 4.78 is 1.97. The monoisotopic (exact) mass is 276 g/mol. The molecule has 0 bridgehead atoms. The zero-order chi connectivity index (χ0) is 12.9. The lowest BCUT2D eigenvalue weighted by molar-refractivity contribution is 0.131. The molecule has 4 nitrogen and oxygen atoms in total. The highest BCUT2D eigenvalue weighted by Gasteiger charge is 2.22. The third kappa shape index (κ3) is 3.42. The lowest BCUT2D eigenvalue weighted by Crippen LogP contribution is -2.43. The van der Waals surface area contributed by atoms with Gasteiger partial charge < -0.3 is 0 Å². The van der Waals surface area contributed by atoms with Gasteiger partial charge in [-0.05, 0) is 37.3 Å². The number of thiophene rings is 1. The molecule has 102 valence electrons. The highest BCUT2D eigenvalue weighted by atomic mass is 32.1. The molecular formula is C14H20N4S. The van der Waals surface area contributed by atoms with E-state index < -0.39 is 0 Å². The minimum absolute atomic E-state index is 0.621. The first kappa shape index (κ1) is 12.8. The van der Waals surface area contributed by atoms with Crippen LogP contribution in [0.1, 0.15) is 24.1 Å². The minimum atomic E-state index is 0.621. The van der Waals surface area contributed by atoms with Gasteiger partial charge in [0.15, 0.2) is 0 Å². The summed E-state index contributed by atoms with van der Waals surface area (Å²) >= 11 is 1.86. The first-order valence-electron chi connectivity index (χ1n) is 7.00. The van der Waals surface area contributed by atoms with Crippen LogP contribution in [-0.4, -0.2) is 38.8 Å². The maximum absolute atomic E-state index is 4.24. The van der Waals surface area contributed by atoms with Crippen LogP contribution in [0.4, 0.5) is 0 Å². The Balaban J connectivity index is 1.57. The maximum atomic E-state index is 4.24. The molecule has 1 atom stereocenters. The molecule has 3 heterocycles. The highest BCUT2D eigenvalue weighted by molar-refractivity contribution is 7.09. The van der Waals surface area contributed by atoms with Crippen molar-refractivity contribution in [3.05, 3.63) is 35.0 Å². The average Bonchev–Trinajstić information content (AvgIpc) is 3.10. The molecule has 0 aromatic carbocycles. The van der Waals surface area contributed by atoms with Crippen molar-refractivity contribution in [2.24, 2.45) is 0 Å². The summed E-state index contributed by atoms with van der Waals surface area (Å²) in [6.07, 6.45) is 8.58. The molecule has 0 spiro atoms. The van der Waals surface area contributed by atoms with E-state index in [4.69, 9.17) is 0 Å². The van der Waals surface area contributed by atoms with E-state index in [1.807, 2.05) is 22.3 Å². The molecule has 1 aliphatic rings. The molecule has 0 aliphatic carbocycles. The molecule has 1 unspecified atom stereocenters. The van der Waals surface area contributed by atoms with E-state index in [1.165, 1.54) is 43.6 Å². The Morgan fingerprint density at radius 3 is 3.16 bits per heavy atom. The van der Waals surface area contributed by atoms with Crippen LogP contribution in [0.15, 0.2) is 30.2 Å². The van der Waals surface area contributed by atoms with Gasteiger partial charge >= 0.3 is 0 Å². The number of piperidine rings is 1. The van der Waals surface area contributed by atoms with Crippen LogP contribution >= 0.6 is 11.3 Å². The second kappa shape index (κ2) is 6.30. The standard InChI is InChI=1S/C14H20N4S/c1-2-7-17(8-6-14-5-3-9-19-14)13(4-1)10-18-12-15-11-16-18/h3,5,9,11-13H,1-2,4,6-8,10H2. The van der Waals surface area contributed by atoms with Gasteiger partial charge in [-0.3, -0.25) is 9.58 Å². The van der Waals surface area contributed by atoms with Crippen molar-refractivity contribution >= 4 is 11.3 Å². The quantitative estimate of drug-likeness (QED) is 0.841. The average molecular weight is 276 g/mol. The SMILES string of the molecule is c1csc(CCN2CCCCC2Cn2cncn2)c1. The lowest BCUT2D eigenvalue weighted by Gasteiger charge is -2.35. The molecule has 1 saturated heterocycles. The summed E-state index contributed by atoms with van der Waals surface area (Å²) in [6, 6.07) is 5.00. The molecule has 1 aliphatic heterocycles. The van der Waals surface area contributed by atoms with Crippen molar-refractivity contribution in [3.63, 3.8) is 0 Å². The van der Waals surface area contributed by atoms with Gasteiger partial charge in [-0.1, -0.05) is 12.5 Å². The molecule has 0 N–H and O–H groups in total. The Kier molecular flexibility index (Phi) is 4.25. The second-order valence-corrected chi connectivity index (χ2v) is 6.16. The van der Waals surface area contributed by atoms with Crippen molar-refractivity contribution in [3.8, 4) is 0 Å². The van der Waals surface area contributed by atoms with Gasteiger partial charge in [0.25, 0.3) is 0 Å². The molecular weight excluding hydrogens is 256 g/mol. The number of hydrogen-bond acceptors (Lipinski definition) is 4. The van der Waals surface area contributed by atoms with E-state index in [1.54, 1.807) is 6.33 Å². The molecule has 5 heteroatoms. The Labute approximate surface area is 118 Å². The van der Waals surface area contributed by atoms with Gasteiger partial charge in [0.05, 0.1) is 6.54 Å². The number of aromatic nitrogens is 3. The van der Waals surface area contributed by atoms with Gasteiger partial charge in [-0.25, -0.2) is 4.98 Å². The Bertz CT molecular complexity index is 466. The predicted octanol–water partition coefficient (Wildman–Crippen LogP) is 2.44. The van der Waals surface area contributed by atoms with E-state index >= 15 is 0 Å². The normalized spacial score (nSPS) is 20.7. The number of rotatable bonds is 5. The van der Waals surface area contributed by atoms with E-state index in [2.05, 4.69) is 32.5 Å². The highest BCUT2D eigenvalue weighted by Crippen LogP contribution is 2.19. The summed E-state index contributed by atoms with van der Waals surface area (Å²) in [5.74, 6) is 0. The van der Waals surface area contributed by atoms with Gasteiger partial charge in [-0.15, -0.1) is 11.3 Å². The van der Waals surface area contributed by atoms with E-state index in [0.29, 0.717) is 6.04 Å². The Morgan fingerprint density at radius 1 is 1.37 bits per heavy atom. The minimum Gasteiger partial charge on any atom is -0.298 e.